The monoisotopic (exact) mass is 545 g/mol. The number of fused-ring (bicyclic) bond motifs is 3. The van der Waals surface area contributed by atoms with E-state index in [0.29, 0.717) is 36.8 Å². The predicted octanol–water partition coefficient (Wildman–Crippen LogP) is 4.10. The van der Waals surface area contributed by atoms with Crippen molar-refractivity contribution < 1.29 is 19.1 Å². The van der Waals surface area contributed by atoms with E-state index >= 15 is 0 Å². The Labute approximate surface area is 236 Å². The van der Waals surface area contributed by atoms with Gasteiger partial charge in [0.15, 0.2) is 5.69 Å². The van der Waals surface area contributed by atoms with E-state index in [0.717, 1.165) is 53.1 Å². The van der Waals surface area contributed by atoms with Gasteiger partial charge in [0.25, 0.3) is 5.91 Å². The van der Waals surface area contributed by atoms with Gasteiger partial charge >= 0.3 is 0 Å². The Bertz CT molecular complexity index is 1430. The molecule has 1 fully saturated rings. The lowest BCUT2D eigenvalue weighted by Crippen LogP contribution is -2.43. The number of anilines is 1. The van der Waals surface area contributed by atoms with E-state index < -0.39 is 0 Å². The van der Waals surface area contributed by atoms with E-state index in [2.05, 4.69) is 16.3 Å². The van der Waals surface area contributed by atoms with E-state index in [1.165, 1.54) is 0 Å². The second-order valence-corrected chi connectivity index (χ2v) is 11.6. The zero-order valence-electron chi connectivity index (χ0n) is 24.3. The molecule has 1 saturated heterocycles. The number of benzene rings is 2. The van der Waals surface area contributed by atoms with Gasteiger partial charge < -0.3 is 19.7 Å². The SMILES string of the molecule is COc1cc2c(cc1NC(=O)CN1CCOCC1)-c1c(c(C(=O)N(C)C(C)(C)C)nn1-c1cccc(C)c1)CC2. The van der Waals surface area contributed by atoms with Crippen molar-refractivity contribution in [3.8, 4) is 22.7 Å². The van der Waals surface area contributed by atoms with Gasteiger partial charge in [-0.05, 0) is 75.9 Å². The molecule has 0 saturated carbocycles. The summed E-state index contributed by atoms with van der Waals surface area (Å²) < 4.78 is 13.0. The van der Waals surface area contributed by atoms with Crippen LogP contribution >= 0.6 is 0 Å². The number of hydrogen-bond donors (Lipinski definition) is 1. The quantitative estimate of drug-likeness (QED) is 0.502. The Hall–Kier alpha value is -3.69. The fourth-order valence-electron chi connectivity index (χ4n) is 5.27. The van der Waals surface area contributed by atoms with E-state index in [1.54, 1.807) is 12.0 Å². The average Bonchev–Trinajstić information content (AvgIpc) is 3.32. The van der Waals surface area contributed by atoms with Gasteiger partial charge in [0.2, 0.25) is 5.91 Å². The van der Waals surface area contributed by atoms with Gasteiger partial charge in [0.1, 0.15) is 5.75 Å². The summed E-state index contributed by atoms with van der Waals surface area (Å²) in [6.07, 6.45) is 1.42. The second-order valence-electron chi connectivity index (χ2n) is 11.6. The van der Waals surface area contributed by atoms with Gasteiger partial charge in [-0.2, -0.15) is 5.10 Å². The van der Waals surface area contributed by atoms with E-state index in [1.807, 2.05) is 69.8 Å². The molecule has 9 nitrogen and oxygen atoms in total. The molecule has 40 heavy (non-hydrogen) atoms. The van der Waals surface area contributed by atoms with E-state index in [4.69, 9.17) is 14.6 Å². The molecule has 1 aromatic heterocycles. The lowest BCUT2D eigenvalue weighted by Gasteiger charge is -2.31. The fourth-order valence-corrected chi connectivity index (χ4v) is 5.27. The lowest BCUT2D eigenvalue weighted by atomic mass is 9.87. The Kier molecular flexibility index (Phi) is 7.70. The lowest BCUT2D eigenvalue weighted by molar-refractivity contribution is -0.118. The molecule has 1 aliphatic carbocycles. The van der Waals surface area contributed by atoms with Crippen LogP contribution in [0.15, 0.2) is 36.4 Å². The Morgan fingerprint density at radius 2 is 1.88 bits per heavy atom. The predicted molar refractivity (Wildman–Crippen MR) is 155 cm³/mol. The molecule has 9 heteroatoms. The molecular weight excluding hydrogens is 506 g/mol. The zero-order valence-corrected chi connectivity index (χ0v) is 24.3. The van der Waals surface area contributed by atoms with Gasteiger partial charge in [-0.25, -0.2) is 4.68 Å². The average molecular weight is 546 g/mol. The highest BCUT2D eigenvalue weighted by atomic mass is 16.5. The Morgan fingerprint density at radius 1 is 1.12 bits per heavy atom. The zero-order chi connectivity index (χ0) is 28.6. The van der Waals surface area contributed by atoms with Crippen LogP contribution in [-0.2, 0) is 22.4 Å². The number of nitrogens with one attached hydrogen (secondary N) is 1. The molecular formula is C31H39N5O4. The van der Waals surface area contributed by atoms with Crippen LogP contribution in [0, 0.1) is 6.92 Å². The number of aromatic nitrogens is 2. The van der Waals surface area contributed by atoms with Crippen molar-refractivity contribution >= 4 is 17.5 Å². The summed E-state index contributed by atoms with van der Waals surface area (Å²) in [7, 11) is 3.44. The van der Waals surface area contributed by atoms with Crippen LogP contribution in [0.4, 0.5) is 5.69 Å². The third-order valence-electron chi connectivity index (χ3n) is 7.81. The molecule has 2 aliphatic rings. The van der Waals surface area contributed by atoms with Gasteiger partial charge in [-0.3, -0.25) is 14.5 Å². The highest BCUT2D eigenvalue weighted by molar-refractivity contribution is 5.98. The number of amides is 2. The summed E-state index contributed by atoms with van der Waals surface area (Å²) in [5, 5.41) is 8.01. The van der Waals surface area contributed by atoms with Gasteiger partial charge in [0, 0.05) is 36.8 Å². The van der Waals surface area contributed by atoms with E-state index in [9.17, 15) is 9.59 Å². The maximum absolute atomic E-state index is 13.7. The molecule has 0 spiro atoms. The van der Waals surface area contributed by atoms with Gasteiger partial charge in [-0.1, -0.05) is 12.1 Å². The first kappa shape index (κ1) is 27.9. The standard InChI is InChI=1S/C31H39N5O4/c1-20-8-7-9-22(16-20)36-29-23(28(33-36)30(38)34(5)31(2,3)4)11-10-21-17-26(39-6)25(18-24(21)29)32-27(37)19-35-12-14-40-15-13-35/h7-9,16-18H,10-15,19H2,1-6H3,(H,32,37). The third-order valence-corrected chi connectivity index (χ3v) is 7.81. The highest BCUT2D eigenvalue weighted by Gasteiger charge is 2.34. The molecule has 0 bridgehead atoms. The number of carbonyl (C=O) groups excluding carboxylic acids is 2. The third kappa shape index (κ3) is 5.48. The first-order chi connectivity index (χ1) is 19.1. The summed E-state index contributed by atoms with van der Waals surface area (Å²) in [6.45, 7) is 11.1. The molecule has 0 atom stereocenters. The first-order valence-corrected chi connectivity index (χ1v) is 13.8. The highest BCUT2D eigenvalue weighted by Crippen LogP contribution is 2.42. The van der Waals surface area contributed by atoms with Crippen molar-refractivity contribution in [2.45, 2.75) is 46.1 Å². The minimum absolute atomic E-state index is 0.105. The van der Waals surface area contributed by atoms with Crippen LogP contribution in [0.5, 0.6) is 5.75 Å². The number of hydrogen-bond acceptors (Lipinski definition) is 6. The summed E-state index contributed by atoms with van der Waals surface area (Å²) in [4.78, 5) is 30.6. The number of nitrogens with zero attached hydrogens (tertiary/aromatic N) is 4. The summed E-state index contributed by atoms with van der Waals surface area (Å²) >= 11 is 0. The normalized spacial score (nSPS) is 15.2. The molecule has 2 aromatic carbocycles. The molecule has 2 amide bonds. The smallest absolute Gasteiger partial charge is 0.274 e. The van der Waals surface area contributed by atoms with Crippen LogP contribution in [0.2, 0.25) is 0 Å². The number of aryl methyl sites for hydroxylation is 2. The minimum atomic E-state index is -0.352. The van der Waals surface area contributed by atoms with Crippen LogP contribution in [-0.4, -0.2) is 83.9 Å². The molecule has 2 heterocycles. The van der Waals surface area contributed by atoms with Crippen LogP contribution in [0.25, 0.3) is 16.9 Å². The van der Waals surface area contributed by atoms with Crippen molar-refractivity contribution in [1.82, 2.24) is 19.6 Å². The second kappa shape index (κ2) is 11.1. The largest absolute Gasteiger partial charge is 0.495 e. The van der Waals surface area contributed by atoms with Gasteiger partial charge in [-0.15, -0.1) is 0 Å². The maximum Gasteiger partial charge on any atom is 0.274 e. The Balaban J connectivity index is 1.60. The molecule has 1 aliphatic heterocycles. The topological polar surface area (TPSA) is 88.9 Å². The molecule has 1 N–H and O–H groups in total. The minimum Gasteiger partial charge on any atom is -0.495 e. The maximum atomic E-state index is 13.7. The molecule has 3 aromatic rings. The van der Waals surface area contributed by atoms with Crippen molar-refractivity contribution in [3.63, 3.8) is 0 Å². The Morgan fingerprint density at radius 3 is 2.55 bits per heavy atom. The van der Waals surface area contributed by atoms with Crippen LogP contribution < -0.4 is 10.1 Å². The fraction of sp³-hybridized carbons (Fsp3) is 0.452. The van der Waals surface area contributed by atoms with Gasteiger partial charge in [0.05, 0.1) is 43.9 Å². The molecule has 0 unspecified atom stereocenters. The van der Waals surface area contributed by atoms with E-state index in [-0.39, 0.29) is 23.9 Å². The number of rotatable bonds is 6. The number of morpholine rings is 1. The number of methoxy groups -OCH3 is 1. The summed E-state index contributed by atoms with van der Waals surface area (Å²) in [5.41, 5.74) is 6.53. The van der Waals surface area contributed by atoms with Crippen LogP contribution in [0.1, 0.15) is 48.0 Å². The van der Waals surface area contributed by atoms with Crippen molar-refractivity contribution in [2.24, 2.45) is 0 Å². The van der Waals surface area contributed by atoms with Crippen LogP contribution in [0.3, 0.4) is 0 Å². The molecule has 212 valence electrons. The first-order valence-electron chi connectivity index (χ1n) is 13.8. The van der Waals surface area contributed by atoms with Crippen molar-refractivity contribution in [3.05, 3.63) is 58.8 Å². The summed E-state index contributed by atoms with van der Waals surface area (Å²) in [6, 6.07) is 12.1. The molecule has 0 radical (unpaired) electrons. The molecule has 5 rings (SSSR count). The summed E-state index contributed by atoms with van der Waals surface area (Å²) in [5.74, 6) is 0.403. The number of carbonyl (C=O) groups is 2. The van der Waals surface area contributed by atoms with Crippen molar-refractivity contribution in [1.29, 1.82) is 0 Å². The van der Waals surface area contributed by atoms with Crippen molar-refractivity contribution in [2.75, 3.05) is 52.3 Å². The number of ether oxygens (including phenoxy) is 2.